The van der Waals surface area contributed by atoms with Gasteiger partial charge in [0.2, 0.25) is 5.91 Å². The zero-order chi connectivity index (χ0) is 18.2. The van der Waals surface area contributed by atoms with E-state index in [4.69, 9.17) is 0 Å². The van der Waals surface area contributed by atoms with Gasteiger partial charge in [-0.1, -0.05) is 6.07 Å². The third-order valence-electron chi connectivity index (χ3n) is 4.71. The standard InChI is InChI=1S/C19H22N2O3S/c1-13-7-8-16(11-14(13)2)21(3)25(23,24)17-9-10-18-15(12-17)5-4-6-19(22)20-18/h7-12H,4-6H2,1-3H3,(H,20,22). The van der Waals surface area contributed by atoms with Crippen molar-refractivity contribution in [3.05, 3.63) is 53.1 Å². The van der Waals surface area contributed by atoms with Crippen LogP contribution in [0.3, 0.4) is 0 Å². The summed E-state index contributed by atoms with van der Waals surface area (Å²) in [5.74, 6) is -0.0263. The molecule has 5 nitrogen and oxygen atoms in total. The number of sulfonamides is 1. The lowest BCUT2D eigenvalue weighted by atomic mass is 10.1. The maximum atomic E-state index is 13.0. The molecular formula is C19H22N2O3S. The average molecular weight is 358 g/mol. The van der Waals surface area contributed by atoms with Crippen LogP contribution in [0, 0.1) is 13.8 Å². The van der Waals surface area contributed by atoms with E-state index in [0.29, 0.717) is 24.2 Å². The number of aryl methyl sites for hydroxylation is 3. The van der Waals surface area contributed by atoms with Crippen LogP contribution in [0.5, 0.6) is 0 Å². The highest BCUT2D eigenvalue weighted by atomic mass is 32.2. The van der Waals surface area contributed by atoms with Gasteiger partial charge in [-0.05, 0) is 73.7 Å². The van der Waals surface area contributed by atoms with E-state index in [0.717, 1.165) is 23.1 Å². The number of hydrogen-bond acceptors (Lipinski definition) is 3. The largest absolute Gasteiger partial charge is 0.326 e. The number of hydrogen-bond donors (Lipinski definition) is 1. The van der Waals surface area contributed by atoms with Crippen LogP contribution in [0.15, 0.2) is 41.3 Å². The first kappa shape index (κ1) is 17.5. The Bertz CT molecular complexity index is 936. The zero-order valence-corrected chi connectivity index (χ0v) is 15.5. The number of anilines is 2. The molecule has 2 aromatic rings. The Morgan fingerprint density at radius 3 is 2.48 bits per heavy atom. The van der Waals surface area contributed by atoms with Crippen molar-refractivity contribution in [3.8, 4) is 0 Å². The maximum Gasteiger partial charge on any atom is 0.264 e. The Kier molecular flexibility index (Phi) is 4.56. The molecule has 0 spiro atoms. The molecule has 3 rings (SSSR count). The van der Waals surface area contributed by atoms with Gasteiger partial charge in [-0.15, -0.1) is 0 Å². The van der Waals surface area contributed by atoms with Crippen LogP contribution >= 0.6 is 0 Å². The highest BCUT2D eigenvalue weighted by Gasteiger charge is 2.23. The SMILES string of the molecule is Cc1ccc(N(C)S(=O)(=O)c2ccc3c(c2)CCCC(=O)N3)cc1C. The first-order valence-electron chi connectivity index (χ1n) is 8.28. The minimum absolute atomic E-state index is 0.0263. The molecule has 25 heavy (non-hydrogen) atoms. The van der Waals surface area contributed by atoms with Crippen LogP contribution in [0.2, 0.25) is 0 Å². The lowest BCUT2D eigenvalue weighted by Crippen LogP contribution is -2.26. The summed E-state index contributed by atoms with van der Waals surface area (Å²) in [6.45, 7) is 3.96. The Hall–Kier alpha value is -2.34. The average Bonchev–Trinajstić information content (AvgIpc) is 2.76. The van der Waals surface area contributed by atoms with Gasteiger partial charge in [0.05, 0.1) is 10.6 Å². The summed E-state index contributed by atoms with van der Waals surface area (Å²) in [6, 6.07) is 10.5. The van der Waals surface area contributed by atoms with Crippen LogP contribution in [0.25, 0.3) is 0 Å². The molecule has 1 aliphatic rings. The van der Waals surface area contributed by atoms with Crippen molar-refractivity contribution in [2.45, 2.75) is 38.0 Å². The van der Waals surface area contributed by atoms with Gasteiger partial charge in [-0.3, -0.25) is 9.10 Å². The topological polar surface area (TPSA) is 66.5 Å². The minimum Gasteiger partial charge on any atom is -0.326 e. The molecule has 0 aliphatic carbocycles. The monoisotopic (exact) mass is 358 g/mol. The van der Waals surface area contributed by atoms with E-state index >= 15 is 0 Å². The van der Waals surface area contributed by atoms with Crippen LogP contribution in [-0.4, -0.2) is 21.4 Å². The van der Waals surface area contributed by atoms with Gasteiger partial charge in [-0.25, -0.2) is 8.42 Å². The highest BCUT2D eigenvalue weighted by Crippen LogP contribution is 2.29. The van der Waals surface area contributed by atoms with Crippen LogP contribution in [0.1, 0.15) is 29.5 Å². The van der Waals surface area contributed by atoms with E-state index in [1.54, 1.807) is 25.2 Å². The number of rotatable bonds is 3. The highest BCUT2D eigenvalue weighted by molar-refractivity contribution is 7.92. The molecule has 0 unspecified atom stereocenters. The summed E-state index contributed by atoms with van der Waals surface area (Å²) in [6.07, 6.45) is 1.86. The van der Waals surface area contributed by atoms with E-state index in [2.05, 4.69) is 5.32 Å². The first-order chi connectivity index (χ1) is 11.8. The van der Waals surface area contributed by atoms with Gasteiger partial charge < -0.3 is 5.32 Å². The molecule has 132 valence electrons. The molecule has 0 aromatic heterocycles. The van der Waals surface area contributed by atoms with Crippen molar-refractivity contribution in [2.75, 3.05) is 16.7 Å². The van der Waals surface area contributed by atoms with Gasteiger partial charge >= 0.3 is 0 Å². The number of fused-ring (bicyclic) bond motifs is 1. The number of nitrogens with one attached hydrogen (secondary N) is 1. The fourth-order valence-electron chi connectivity index (χ4n) is 2.93. The Labute approximate surface area is 148 Å². The molecule has 6 heteroatoms. The summed E-state index contributed by atoms with van der Waals surface area (Å²) in [4.78, 5) is 11.9. The normalized spacial score (nSPS) is 14.4. The summed E-state index contributed by atoms with van der Waals surface area (Å²) in [7, 11) is -2.10. The van der Waals surface area contributed by atoms with E-state index in [9.17, 15) is 13.2 Å². The van der Waals surface area contributed by atoms with Gasteiger partial charge in [0.1, 0.15) is 0 Å². The van der Waals surface area contributed by atoms with Gasteiger partial charge in [0.25, 0.3) is 10.0 Å². The minimum atomic E-state index is -3.66. The molecule has 1 aliphatic heterocycles. The zero-order valence-electron chi connectivity index (χ0n) is 14.7. The second-order valence-electron chi connectivity index (χ2n) is 6.46. The predicted molar refractivity (Wildman–Crippen MR) is 99.5 cm³/mol. The van der Waals surface area contributed by atoms with E-state index < -0.39 is 10.0 Å². The summed E-state index contributed by atoms with van der Waals surface area (Å²) < 4.78 is 27.3. The molecule has 1 amide bonds. The van der Waals surface area contributed by atoms with Gasteiger partial charge in [0.15, 0.2) is 0 Å². The number of carbonyl (C=O) groups excluding carboxylic acids is 1. The molecule has 0 bridgehead atoms. The van der Waals surface area contributed by atoms with Crippen molar-refractivity contribution in [1.29, 1.82) is 0 Å². The number of amides is 1. The van der Waals surface area contributed by atoms with Gasteiger partial charge in [-0.2, -0.15) is 0 Å². The third kappa shape index (κ3) is 3.39. The molecule has 0 saturated heterocycles. The number of benzene rings is 2. The summed E-state index contributed by atoms with van der Waals surface area (Å²) >= 11 is 0. The smallest absolute Gasteiger partial charge is 0.264 e. The van der Waals surface area contributed by atoms with Crippen molar-refractivity contribution < 1.29 is 13.2 Å². The Morgan fingerprint density at radius 1 is 1.00 bits per heavy atom. The van der Waals surface area contributed by atoms with Crippen molar-refractivity contribution in [2.24, 2.45) is 0 Å². The summed E-state index contributed by atoms with van der Waals surface area (Å²) in [5, 5.41) is 2.83. The third-order valence-corrected chi connectivity index (χ3v) is 6.49. The second kappa shape index (κ2) is 6.52. The maximum absolute atomic E-state index is 13.0. The molecule has 1 N–H and O–H groups in total. The fraction of sp³-hybridized carbons (Fsp3) is 0.316. The van der Waals surface area contributed by atoms with E-state index in [1.165, 1.54) is 4.31 Å². The molecule has 1 heterocycles. The van der Waals surface area contributed by atoms with Crippen molar-refractivity contribution in [1.82, 2.24) is 0 Å². The first-order valence-corrected chi connectivity index (χ1v) is 9.72. The molecule has 2 aromatic carbocycles. The van der Waals surface area contributed by atoms with E-state index in [-0.39, 0.29) is 10.8 Å². The molecule has 0 atom stereocenters. The van der Waals surface area contributed by atoms with E-state index in [1.807, 2.05) is 32.0 Å². The number of nitrogens with zero attached hydrogens (tertiary/aromatic N) is 1. The van der Waals surface area contributed by atoms with Crippen LogP contribution in [0.4, 0.5) is 11.4 Å². The lowest BCUT2D eigenvalue weighted by Gasteiger charge is -2.21. The van der Waals surface area contributed by atoms with Crippen LogP contribution < -0.4 is 9.62 Å². The Morgan fingerprint density at radius 2 is 1.76 bits per heavy atom. The fourth-order valence-corrected chi connectivity index (χ4v) is 4.17. The predicted octanol–water partition coefficient (Wildman–Crippen LogP) is 3.40. The Balaban J connectivity index is 1.98. The van der Waals surface area contributed by atoms with Crippen molar-refractivity contribution in [3.63, 3.8) is 0 Å². The lowest BCUT2D eigenvalue weighted by molar-refractivity contribution is -0.116. The van der Waals surface area contributed by atoms with Crippen LogP contribution in [-0.2, 0) is 21.2 Å². The summed E-state index contributed by atoms with van der Waals surface area (Å²) in [5.41, 5.74) is 4.36. The molecule has 0 radical (unpaired) electrons. The molecule has 0 saturated carbocycles. The van der Waals surface area contributed by atoms with Gasteiger partial charge in [0, 0.05) is 19.2 Å². The second-order valence-corrected chi connectivity index (χ2v) is 8.43. The quantitative estimate of drug-likeness (QED) is 0.914. The molecule has 0 fully saturated rings. The number of carbonyl (C=O) groups is 1. The molecular weight excluding hydrogens is 336 g/mol. The van der Waals surface area contributed by atoms with Crippen molar-refractivity contribution >= 4 is 27.3 Å².